The largest absolute Gasteiger partial charge is 0.478 e. The van der Waals surface area contributed by atoms with E-state index in [9.17, 15) is 19.5 Å². The molecule has 1 aromatic carbocycles. The molecule has 0 spiro atoms. The van der Waals surface area contributed by atoms with Crippen molar-refractivity contribution in [2.24, 2.45) is 5.92 Å². The number of carboxylic acids is 1. The van der Waals surface area contributed by atoms with Crippen molar-refractivity contribution in [3.05, 3.63) is 52.9 Å². The number of amides is 2. The molecule has 1 aliphatic rings. The number of fused-ring (bicyclic) bond motifs is 1. The van der Waals surface area contributed by atoms with Crippen LogP contribution in [-0.4, -0.2) is 33.9 Å². The number of rotatable bonds is 7. The van der Waals surface area contributed by atoms with Crippen molar-refractivity contribution < 1.29 is 23.9 Å². The molecule has 0 bridgehead atoms. The molecular weight excluding hydrogens is 472 g/mol. The second-order valence-corrected chi connectivity index (χ2v) is 9.34. The van der Waals surface area contributed by atoms with Gasteiger partial charge in [0, 0.05) is 23.5 Å². The van der Waals surface area contributed by atoms with Crippen LogP contribution in [0, 0.1) is 5.92 Å². The number of hydrogen-bond donors (Lipinski definition) is 3. The van der Waals surface area contributed by atoms with Crippen LogP contribution >= 0.6 is 11.6 Å². The van der Waals surface area contributed by atoms with E-state index in [0.29, 0.717) is 10.4 Å². The number of carboxylic acid groups (broad SMARTS) is 1. The van der Waals surface area contributed by atoms with Crippen molar-refractivity contribution >= 4 is 51.9 Å². The van der Waals surface area contributed by atoms with Crippen LogP contribution in [0.15, 0.2) is 40.9 Å². The smallest absolute Gasteiger partial charge is 0.338 e. The molecule has 1 aliphatic carbocycles. The SMILES string of the molecule is CC(C)NN(C(=O)C1CCCCC1)c1c(C(=O)O)ccc2cc(C(=O)Nc3ccc(Cl)cn3)oc12. The van der Waals surface area contributed by atoms with Gasteiger partial charge < -0.3 is 14.8 Å². The van der Waals surface area contributed by atoms with Crippen LogP contribution in [0.4, 0.5) is 11.5 Å². The van der Waals surface area contributed by atoms with Crippen molar-refractivity contribution in [1.29, 1.82) is 0 Å². The Morgan fingerprint density at radius 3 is 2.51 bits per heavy atom. The molecule has 1 saturated carbocycles. The summed E-state index contributed by atoms with van der Waals surface area (Å²) >= 11 is 5.84. The van der Waals surface area contributed by atoms with Gasteiger partial charge in [0.1, 0.15) is 11.5 Å². The van der Waals surface area contributed by atoms with E-state index in [0.717, 1.165) is 32.1 Å². The first-order chi connectivity index (χ1) is 16.7. The summed E-state index contributed by atoms with van der Waals surface area (Å²) in [6.45, 7) is 3.73. The van der Waals surface area contributed by atoms with E-state index in [2.05, 4.69) is 15.7 Å². The molecular formula is C25H27ClN4O5. The highest BCUT2D eigenvalue weighted by Gasteiger charge is 2.32. The van der Waals surface area contributed by atoms with E-state index in [1.165, 1.54) is 23.3 Å². The maximum absolute atomic E-state index is 13.6. The Bertz CT molecular complexity index is 1250. The summed E-state index contributed by atoms with van der Waals surface area (Å²) in [4.78, 5) is 42.6. The summed E-state index contributed by atoms with van der Waals surface area (Å²) in [7, 11) is 0. The predicted octanol–water partition coefficient (Wildman–Crippen LogP) is 5.26. The highest BCUT2D eigenvalue weighted by Crippen LogP contribution is 2.36. The van der Waals surface area contributed by atoms with Gasteiger partial charge in [0.2, 0.25) is 5.91 Å². The molecule has 2 aromatic heterocycles. The fourth-order valence-corrected chi connectivity index (χ4v) is 4.36. The summed E-state index contributed by atoms with van der Waals surface area (Å²) in [6.07, 6.45) is 5.87. The number of carbonyl (C=O) groups excluding carboxylic acids is 2. The molecule has 35 heavy (non-hydrogen) atoms. The molecule has 2 amide bonds. The number of pyridine rings is 1. The number of aromatic carboxylic acids is 1. The van der Waals surface area contributed by atoms with E-state index >= 15 is 0 Å². The molecule has 184 valence electrons. The zero-order chi connectivity index (χ0) is 25.1. The minimum atomic E-state index is -1.21. The highest BCUT2D eigenvalue weighted by atomic mass is 35.5. The zero-order valence-corrected chi connectivity index (χ0v) is 20.3. The molecule has 0 saturated heterocycles. The molecule has 0 unspecified atom stereocenters. The predicted molar refractivity (Wildman–Crippen MR) is 133 cm³/mol. The van der Waals surface area contributed by atoms with Crippen molar-refractivity contribution in [3.63, 3.8) is 0 Å². The van der Waals surface area contributed by atoms with Crippen molar-refractivity contribution in [1.82, 2.24) is 10.4 Å². The normalized spacial score (nSPS) is 14.3. The lowest BCUT2D eigenvalue weighted by Gasteiger charge is -2.31. The first-order valence-electron chi connectivity index (χ1n) is 11.6. The molecule has 0 radical (unpaired) electrons. The Morgan fingerprint density at radius 2 is 1.89 bits per heavy atom. The molecule has 3 N–H and O–H groups in total. The fourth-order valence-electron chi connectivity index (χ4n) is 4.25. The average molecular weight is 499 g/mol. The van der Waals surface area contributed by atoms with Gasteiger partial charge in [0.05, 0.1) is 10.6 Å². The van der Waals surface area contributed by atoms with Crippen LogP contribution in [0.1, 0.15) is 66.9 Å². The maximum Gasteiger partial charge on any atom is 0.338 e. The molecule has 2 heterocycles. The minimum absolute atomic E-state index is 0.0462. The third-order valence-electron chi connectivity index (χ3n) is 5.87. The number of furan rings is 1. The number of hydrogen-bond acceptors (Lipinski definition) is 6. The topological polar surface area (TPSA) is 125 Å². The maximum atomic E-state index is 13.6. The van der Waals surface area contributed by atoms with Gasteiger partial charge in [0.25, 0.3) is 5.91 Å². The summed E-state index contributed by atoms with van der Waals surface area (Å²) in [5.41, 5.74) is 3.22. The van der Waals surface area contributed by atoms with E-state index in [-0.39, 0.29) is 46.3 Å². The molecule has 1 fully saturated rings. The van der Waals surface area contributed by atoms with Gasteiger partial charge in [-0.15, -0.1) is 0 Å². The summed E-state index contributed by atoms with van der Waals surface area (Å²) in [5, 5.41) is 14.8. The van der Waals surface area contributed by atoms with Crippen LogP contribution in [0.25, 0.3) is 11.0 Å². The third-order valence-corrected chi connectivity index (χ3v) is 6.09. The summed E-state index contributed by atoms with van der Waals surface area (Å²) in [5.74, 6) is -1.97. The van der Waals surface area contributed by atoms with E-state index in [4.69, 9.17) is 16.0 Å². The average Bonchev–Trinajstić information content (AvgIpc) is 3.28. The lowest BCUT2D eigenvalue weighted by atomic mass is 9.88. The second-order valence-electron chi connectivity index (χ2n) is 8.90. The number of nitrogens with one attached hydrogen (secondary N) is 2. The highest BCUT2D eigenvalue weighted by molar-refractivity contribution is 6.30. The second kappa shape index (κ2) is 10.5. The van der Waals surface area contributed by atoms with E-state index < -0.39 is 11.9 Å². The Labute approximate surface area is 207 Å². The van der Waals surface area contributed by atoms with Crippen molar-refractivity contribution in [3.8, 4) is 0 Å². The van der Waals surface area contributed by atoms with Gasteiger partial charge in [0.15, 0.2) is 11.3 Å². The molecule has 3 aromatic rings. The lowest BCUT2D eigenvalue weighted by molar-refractivity contribution is -0.124. The lowest BCUT2D eigenvalue weighted by Crippen LogP contribution is -2.50. The zero-order valence-electron chi connectivity index (χ0n) is 19.5. The fraction of sp³-hybridized carbons (Fsp3) is 0.360. The number of nitrogens with zero attached hydrogens (tertiary/aromatic N) is 2. The van der Waals surface area contributed by atoms with Gasteiger partial charge in [-0.05, 0) is 51.0 Å². The number of benzene rings is 1. The Hall–Kier alpha value is -3.43. The van der Waals surface area contributed by atoms with Crippen molar-refractivity contribution in [2.45, 2.75) is 52.0 Å². The Kier molecular flexibility index (Phi) is 7.37. The Morgan fingerprint density at radius 1 is 1.14 bits per heavy atom. The van der Waals surface area contributed by atoms with E-state index in [1.54, 1.807) is 18.2 Å². The van der Waals surface area contributed by atoms with Gasteiger partial charge in [-0.3, -0.25) is 9.59 Å². The number of halogens is 1. The number of anilines is 2. The third kappa shape index (κ3) is 5.47. The summed E-state index contributed by atoms with van der Waals surface area (Å²) < 4.78 is 5.88. The number of carbonyl (C=O) groups is 3. The first kappa shape index (κ1) is 24.7. The van der Waals surface area contributed by atoms with Crippen LogP contribution in [-0.2, 0) is 4.79 Å². The number of aromatic nitrogens is 1. The van der Waals surface area contributed by atoms with Crippen LogP contribution in [0.5, 0.6) is 0 Å². The van der Waals surface area contributed by atoms with Crippen LogP contribution in [0.3, 0.4) is 0 Å². The molecule has 10 heteroatoms. The van der Waals surface area contributed by atoms with Crippen molar-refractivity contribution in [2.75, 3.05) is 10.3 Å². The summed E-state index contributed by atoms with van der Waals surface area (Å²) in [6, 6.07) is 7.46. The minimum Gasteiger partial charge on any atom is -0.478 e. The monoisotopic (exact) mass is 498 g/mol. The first-order valence-corrected chi connectivity index (χ1v) is 11.9. The van der Waals surface area contributed by atoms with Gasteiger partial charge in [-0.2, -0.15) is 0 Å². The van der Waals surface area contributed by atoms with E-state index in [1.807, 2.05) is 13.8 Å². The molecule has 0 atom stereocenters. The van der Waals surface area contributed by atoms with Gasteiger partial charge >= 0.3 is 5.97 Å². The van der Waals surface area contributed by atoms with Crippen LogP contribution < -0.4 is 15.8 Å². The molecule has 4 rings (SSSR count). The molecule has 0 aliphatic heterocycles. The standard InChI is InChI=1S/C25H27ClN4O5/c1-14(2)29-30(24(32)15-6-4-3-5-7-15)21-18(25(33)34)10-8-16-12-19(35-22(16)21)23(31)28-20-11-9-17(26)13-27-20/h8-15,29H,3-7H2,1-2H3,(H,33,34)(H,27,28,31). The van der Waals surface area contributed by atoms with Crippen LogP contribution in [0.2, 0.25) is 5.02 Å². The number of hydrazine groups is 1. The van der Waals surface area contributed by atoms with Gasteiger partial charge in [-0.25, -0.2) is 20.2 Å². The quantitative estimate of drug-likeness (QED) is 0.379. The Balaban J connectivity index is 1.77. The van der Waals surface area contributed by atoms with Gasteiger partial charge in [-0.1, -0.05) is 36.9 Å². The molecule has 9 nitrogen and oxygen atoms in total.